The number of pyridine rings is 1. The van der Waals surface area contributed by atoms with Gasteiger partial charge in [0.1, 0.15) is 22.3 Å². The average Bonchev–Trinajstić information content (AvgIpc) is 2.81. The van der Waals surface area contributed by atoms with Crippen molar-refractivity contribution in [2.75, 3.05) is 5.32 Å². The van der Waals surface area contributed by atoms with Gasteiger partial charge in [-0.25, -0.2) is 14.4 Å². The summed E-state index contributed by atoms with van der Waals surface area (Å²) < 4.78 is 12.6. The van der Waals surface area contributed by atoms with Crippen molar-refractivity contribution in [1.29, 1.82) is 0 Å². The van der Waals surface area contributed by atoms with Crippen LogP contribution in [0.1, 0.15) is 15.5 Å². The molecule has 17 heavy (non-hydrogen) atoms. The predicted octanol–water partition coefficient (Wildman–Crippen LogP) is 1.39. The predicted molar refractivity (Wildman–Crippen MR) is 62.2 cm³/mol. The monoisotopic (exact) mass is 252 g/mol. The number of hydrogen-bond donors (Lipinski definition) is 2. The zero-order valence-corrected chi connectivity index (χ0v) is 9.50. The van der Waals surface area contributed by atoms with Gasteiger partial charge >= 0.3 is 0 Å². The minimum Gasteiger partial charge on any atom is -0.325 e. The summed E-state index contributed by atoms with van der Waals surface area (Å²) in [7, 11) is 0. The van der Waals surface area contributed by atoms with Crippen molar-refractivity contribution in [2.45, 2.75) is 6.54 Å². The number of hydrogen-bond acceptors (Lipinski definition) is 5. The number of carbonyl (C=O) groups excluding carboxylic acids is 1. The fraction of sp³-hybridized carbons (Fsp3) is 0.100. The molecule has 0 aliphatic rings. The molecule has 88 valence electrons. The first kappa shape index (κ1) is 11.6. The molecular weight excluding hydrogens is 243 g/mol. The first-order chi connectivity index (χ1) is 8.19. The van der Waals surface area contributed by atoms with E-state index in [2.05, 4.69) is 15.3 Å². The Bertz CT molecular complexity index is 525. The molecule has 5 nitrogen and oxygen atoms in total. The van der Waals surface area contributed by atoms with E-state index in [1.807, 2.05) is 0 Å². The highest BCUT2D eigenvalue weighted by molar-refractivity contribution is 7.09. The molecule has 0 unspecified atom stereocenters. The molecule has 0 atom stereocenters. The van der Waals surface area contributed by atoms with E-state index in [0.29, 0.717) is 11.6 Å². The summed E-state index contributed by atoms with van der Waals surface area (Å²) in [6.45, 7) is 0.298. The van der Waals surface area contributed by atoms with Crippen molar-refractivity contribution in [3.8, 4) is 0 Å². The van der Waals surface area contributed by atoms with E-state index in [4.69, 9.17) is 5.73 Å². The third kappa shape index (κ3) is 2.83. The fourth-order valence-corrected chi connectivity index (χ4v) is 1.79. The second kappa shape index (κ2) is 4.98. The maximum atomic E-state index is 12.6. The summed E-state index contributed by atoms with van der Waals surface area (Å²) in [5.41, 5.74) is 5.67. The van der Waals surface area contributed by atoms with E-state index in [-0.39, 0.29) is 17.4 Å². The van der Waals surface area contributed by atoms with E-state index in [1.165, 1.54) is 23.5 Å². The second-order valence-corrected chi connectivity index (χ2v) is 4.09. The molecule has 0 aliphatic carbocycles. The van der Waals surface area contributed by atoms with Gasteiger partial charge in [0.2, 0.25) is 0 Å². The Morgan fingerprint density at radius 1 is 1.53 bits per heavy atom. The SMILES string of the molecule is NCc1nc(C(=O)Nc2ccc(F)cn2)cs1. The molecule has 0 fully saturated rings. The van der Waals surface area contributed by atoms with E-state index in [1.54, 1.807) is 5.38 Å². The zero-order chi connectivity index (χ0) is 12.3. The molecule has 2 aromatic rings. The Morgan fingerprint density at radius 2 is 2.35 bits per heavy atom. The Balaban J connectivity index is 2.08. The minimum absolute atomic E-state index is 0.277. The van der Waals surface area contributed by atoms with Crippen molar-refractivity contribution < 1.29 is 9.18 Å². The van der Waals surface area contributed by atoms with Gasteiger partial charge in [-0.05, 0) is 12.1 Å². The fourth-order valence-electron chi connectivity index (χ4n) is 1.14. The molecular formula is C10H9FN4OS. The first-order valence-corrected chi connectivity index (χ1v) is 5.64. The lowest BCUT2D eigenvalue weighted by Crippen LogP contribution is -2.13. The molecule has 2 rings (SSSR count). The largest absolute Gasteiger partial charge is 0.325 e. The van der Waals surface area contributed by atoms with Crippen LogP contribution in [0.15, 0.2) is 23.7 Å². The molecule has 1 amide bonds. The molecule has 0 spiro atoms. The quantitative estimate of drug-likeness (QED) is 0.865. The maximum Gasteiger partial charge on any atom is 0.276 e. The second-order valence-electron chi connectivity index (χ2n) is 3.15. The third-order valence-corrected chi connectivity index (χ3v) is 2.80. The van der Waals surface area contributed by atoms with Crippen LogP contribution in [-0.4, -0.2) is 15.9 Å². The van der Waals surface area contributed by atoms with E-state index in [0.717, 1.165) is 6.20 Å². The average molecular weight is 252 g/mol. The molecule has 0 aromatic carbocycles. The van der Waals surface area contributed by atoms with Gasteiger partial charge in [0, 0.05) is 11.9 Å². The maximum absolute atomic E-state index is 12.6. The number of carbonyl (C=O) groups is 1. The number of thiazole rings is 1. The molecule has 0 aliphatic heterocycles. The highest BCUT2D eigenvalue weighted by Gasteiger charge is 2.10. The van der Waals surface area contributed by atoms with Gasteiger partial charge in [0.25, 0.3) is 5.91 Å². The highest BCUT2D eigenvalue weighted by Crippen LogP contribution is 2.11. The van der Waals surface area contributed by atoms with Crippen molar-refractivity contribution >= 4 is 23.1 Å². The van der Waals surface area contributed by atoms with Crippen molar-refractivity contribution in [3.05, 3.63) is 40.2 Å². The summed E-state index contributed by atoms with van der Waals surface area (Å²) in [4.78, 5) is 19.4. The van der Waals surface area contributed by atoms with Crippen molar-refractivity contribution in [3.63, 3.8) is 0 Å². The van der Waals surface area contributed by atoms with Gasteiger partial charge in [0.05, 0.1) is 6.20 Å². The number of nitrogens with zero attached hydrogens (tertiary/aromatic N) is 2. The Kier molecular flexibility index (Phi) is 3.40. The van der Waals surface area contributed by atoms with Crippen molar-refractivity contribution in [2.24, 2.45) is 5.73 Å². The summed E-state index contributed by atoms with van der Waals surface area (Å²) >= 11 is 1.31. The van der Waals surface area contributed by atoms with Crippen molar-refractivity contribution in [1.82, 2.24) is 9.97 Å². The lowest BCUT2D eigenvalue weighted by atomic mass is 10.4. The Morgan fingerprint density at radius 3 is 2.94 bits per heavy atom. The van der Waals surface area contributed by atoms with Crippen LogP contribution in [0.25, 0.3) is 0 Å². The molecule has 0 saturated heterocycles. The topological polar surface area (TPSA) is 80.9 Å². The third-order valence-electron chi connectivity index (χ3n) is 1.93. The van der Waals surface area contributed by atoms with Crippen LogP contribution in [0.3, 0.4) is 0 Å². The van der Waals surface area contributed by atoms with Gasteiger partial charge < -0.3 is 11.1 Å². The summed E-state index contributed by atoms with van der Waals surface area (Å²) in [5.74, 6) is -0.569. The van der Waals surface area contributed by atoms with Crippen LogP contribution in [0.2, 0.25) is 0 Å². The molecule has 0 saturated carbocycles. The first-order valence-electron chi connectivity index (χ1n) is 4.76. The van der Waals surface area contributed by atoms with Gasteiger partial charge in [-0.15, -0.1) is 11.3 Å². The van der Waals surface area contributed by atoms with Gasteiger partial charge in [-0.1, -0.05) is 0 Å². The van der Waals surface area contributed by atoms with E-state index in [9.17, 15) is 9.18 Å². The number of rotatable bonds is 3. The number of aromatic nitrogens is 2. The van der Waals surface area contributed by atoms with Crippen LogP contribution >= 0.6 is 11.3 Å². The molecule has 3 N–H and O–H groups in total. The lowest BCUT2D eigenvalue weighted by molar-refractivity contribution is 0.102. The number of nitrogens with one attached hydrogen (secondary N) is 1. The van der Waals surface area contributed by atoms with Gasteiger partial charge in [-0.3, -0.25) is 4.79 Å². The smallest absolute Gasteiger partial charge is 0.276 e. The molecule has 7 heteroatoms. The number of halogens is 1. The van der Waals surface area contributed by atoms with E-state index < -0.39 is 5.82 Å². The summed E-state index contributed by atoms with van der Waals surface area (Å²) in [6, 6.07) is 2.60. The van der Waals surface area contributed by atoms with Crippen LogP contribution in [0.5, 0.6) is 0 Å². The lowest BCUT2D eigenvalue weighted by Gasteiger charge is -2.01. The van der Waals surface area contributed by atoms with Crippen LogP contribution in [0.4, 0.5) is 10.2 Å². The standard InChI is InChI=1S/C10H9FN4OS/c11-6-1-2-8(13-4-6)15-10(16)7-5-17-9(3-12)14-7/h1-2,4-5H,3,12H2,(H,13,15,16). The van der Waals surface area contributed by atoms with Gasteiger partial charge in [-0.2, -0.15) is 0 Å². The Hall–Kier alpha value is -1.86. The summed E-state index contributed by atoms with van der Waals surface area (Å²) in [6.07, 6.45) is 1.03. The number of nitrogens with two attached hydrogens (primary N) is 1. The highest BCUT2D eigenvalue weighted by atomic mass is 32.1. The molecule has 2 heterocycles. The molecule has 0 radical (unpaired) electrons. The van der Waals surface area contributed by atoms with E-state index >= 15 is 0 Å². The van der Waals surface area contributed by atoms with Crippen LogP contribution < -0.4 is 11.1 Å². The van der Waals surface area contributed by atoms with Gasteiger partial charge in [0.15, 0.2) is 0 Å². The zero-order valence-electron chi connectivity index (χ0n) is 8.68. The molecule has 0 bridgehead atoms. The normalized spacial score (nSPS) is 10.2. The Labute approximate surface area is 101 Å². The van der Waals surface area contributed by atoms with Crippen LogP contribution in [-0.2, 0) is 6.54 Å². The number of amides is 1. The number of anilines is 1. The minimum atomic E-state index is -0.456. The summed E-state index contributed by atoms with van der Waals surface area (Å²) in [5, 5.41) is 4.80. The molecule has 2 aromatic heterocycles. The van der Waals surface area contributed by atoms with Crippen LogP contribution in [0, 0.1) is 5.82 Å².